The van der Waals surface area contributed by atoms with Crippen LogP contribution in [0.2, 0.25) is 0 Å². The first-order valence-electron chi connectivity index (χ1n) is 10.5. The van der Waals surface area contributed by atoms with E-state index in [1.165, 1.54) is 32.1 Å². The van der Waals surface area contributed by atoms with Crippen molar-refractivity contribution in [2.24, 2.45) is 5.92 Å². The molecule has 2 fully saturated rings. The number of anilines is 2. The van der Waals surface area contributed by atoms with Gasteiger partial charge < -0.3 is 15.0 Å². The second-order valence-corrected chi connectivity index (χ2v) is 7.80. The zero-order valence-electron chi connectivity index (χ0n) is 16.5. The number of carbonyl (C=O) groups excluding carboxylic acids is 3. The van der Waals surface area contributed by atoms with Crippen LogP contribution in [-0.4, -0.2) is 30.9 Å². The van der Waals surface area contributed by atoms with Crippen molar-refractivity contribution in [3.63, 3.8) is 0 Å². The maximum atomic E-state index is 12.0. The molecule has 1 aliphatic heterocycles. The Kier molecular flexibility index (Phi) is 7.46. The summed E-state index contributed by atoms with van der Waals surface area (Å²) in [6.45, 7) is 0.468. The Hall–Kier alpha value is -2.37. The largest absolute Gasteiger partial charge is 0.456 e. The highest BCUT2D eigenvalue weighted by molar-refractivity contribution is 5.96. The summed E-state index contributed by atoms with van der Waals surface area (Å²) in [5, 5.41) is 2.71. The molecule has 0 spiro atoms. The Morgan fingerprint density at radius 1 is 1.07 bits per heavy atom. The molecule has 1 aliphatic carbocycles. The maximum absolute atomic E-state index is 12.0. The number of hydrogen-bond acceptors (Lipinski definition) is 4. The molecule has 1 N–H and O–H groups in total. The normalized spacial score (nSPS) is 17.6. The van der Waals surface area contributed by atoms with Crippen LogP contribution in [0.5, 0.6) is 0 Å². The van der Waals surface area contributed by atoms with E-state index in [1.54, 1.807) is 17.0 Å². The first-order valence-corrected chi connectivity index (χ1v) is 10.5. The van der Waals surface area contributed by atoms with Crippen molar-refractivity contribution < 1.29 is 19.1 Å². The number of amides is 2. The molecular formula is C22H30N2O4. The van der Waals surface area contributed by atoms with Gasteiger partial charge in [0.15, 0.2) is 6.61 Å². The van der Waals surface area contributed by atoms with Crippen LogP contribution in [0, 0.1) is 5.92 Å². The van der Waals surface area contributed by atoms with E-state index in [9.17, 15) is 14.4 Å². The monoisotopic (exact) mass is 386 g/mol. The summed E-state index contributed by atoms with van der Waals surface area (Å²) in [5.41, 5.74) is 1.46. The SMILES string of the molecule is O=C(COC(=O)CCCC1CCCCC1)Nc1ccc(N2CCCC2=O)cc1. The fourth-order valence-electron chi connectivity index (χ4n) is 4.07. The summed E-state index contributed by atoms with van der Waals surface area (Å²) >= 11 is 0. The molecule has 1 aromatic rings. The van der Waals surface area contributed by atoms with E-state index in [1.807, 2.05) is 12.1 Å². The number of hydrogen-bond donors (Lipinski definition) is 1. The fourth-order valence-corrected chi connectivity index (χ4v) is 4.07. The highest BCUT2D eigenvalue weighted by atomic mass is 16.5. The quantitative estimate of drug-likeness (QED) is 0.684. The summed E-state index contributed by atoms with van der Waals surface area (Å²) in [6.07, 6.45) is 10.3. The lowest BCUT2D eigenvalue weighted by molar-refractivity contribution is -0.147. The maximum Gasteiger partial charge on any atom is 0.306 e. The molecule has 152 valence electrons. The minimum Gasteiger partial charge on any atom is -0.456 e. The van der Waals surface area contributed by atoms with Gasteiger partial charge in [0.05, 0.1) is 0 Å². The van der Waals surface area contributed by atoms with E-state index in [2.05, 4.69) is 5.32 Å². The summed E-state index contributed by atoms with van der Waals surface area (Å²) < 4.78 is 5.08. The van der Waals surface area contributed by atoms with Crippen molar-refractivity contribution in [2.75, 3.05) is 23.4 Å². The molecule has 3 rings (SSSR count). The van der Waals surface area contributed by atoms with Crippen LogP contribution in [0.4, 0.5) is 11.4 Å². The number of nitrogens with one attached hydrogen (secondary N) is 1. The third-order valence-electron chi connectivity index (χ3n) is 5.62. The fraction of sp³-hybridized carbons (Fsp3) is 0.591. The lowest BCUT2D eigenvalue weighted by Gasteiger charge is -2.20. The van der Waals surface area contributed by atoms with Gasteiger partial charge in [0.2, 0.25) is 5.91 Å². The van der Waals surface area contributed by atoms with Crippen LogP contribution in [0.15, 0.2) is 24.3 Å². The predicted molar refractivity (Wildman–Crippen MR) is 108 cm³/mol. The molecule has 1 heterocycles. The first kappa shape index (κ1) is 20.4. The van der Waals surface area contributed by atoms with Gasteiger partial charge in [0.1, 0.15) is 0 Å². The lowest BCUT2D eigenvalue weighted by atomic mass is 9.86. The van der Waals surface area contributed by atoms with Gasteiger partial charge in [-0.2, -0.15) is 0 Å². The predicted octanol–water partition coefficient (Wildman–Crippen LogP) is 4.05. The third-order valence-corrected chi connectivity index (χ3v) is 5.62. The van der Waals surface area contributed by atoms with Gasteiger partial charge in [-0.1, -0.05) is 32.1 Å². The van der Waals surface area contributed by atoms with E-state index in [0.717, 1.165) is 37.4 Å². The molecule has 0 atom stereocenters. The average Bonchev–Trinajstić information content (AvgIpc) is 3.14. The molecule has 1 saturated carbocycles. The molecule has 0 radical (unpaired) electrons. The van der Waals surface area contributed by atoms with Gasteiger partial charge in [0, 0.05) is 30.8 Å². The molecule has 1 aromatic carbocycles. The molecule has 0 bridgehead atoms. The number of esters is 1. The smallest absolute Gasteiger partial charge is 0.306 e. The Morgan fingerprint density at radius 2 is 1.82 bits per heavy atom. The van der Waals surface area contributed by atoms with Crippen molar-refractivity contribution in [3.8, 4) is 0 Å². The minimum atomic E-state index is -0.356. The van der Waals surface area contributed by atoms with Crippen molar-refractivity contribution in [1.29, 1.82) is 0 Å². The van der Waals surface area contributed by atoms with Gasteiger partial charge >= 0.3 is 5.97 Å². The minimum absolute atomic E-state index is 0.132. The Morgan fingerprint density at radius 3 is 2.50 bits per heavy atom. The molecule has 6 nitrogen and oxygen atoms in total. The molecule has 2 aliphatic rings. The highest BCUT2D eigenvalue weighted by Gasteiger charge is 2.21. The van der Waals surface area contributed by atoms with Gasteiger partial charge in [0.25, 0.3) is 5.91 Å². The van der Waals surface area contributed by atoms with Gasteiger partial charge in [-0.15, -0.1) is 0 Å². The molecule has 1 saturated heterocycles. The molecule has 0 aromatic heterocycles. The molecule has 2 amide bonds. The first-order chi connectivity index (χ1) is 13.6. The standard InChI is InChI=1S/C22H30N2O4/c25-20(16-28-22(27)10-4-8-17-6-2-1-3-7-17)23-18-11-13-19(14-12-18)24-15-5-9-21(24)26/h11-14,17H,1-10,15-16H2,(H,23,25). The van der Waals surface area contributed by atoms with Crippen LogP contribution in [0.1, 0.15) is 64.2 Å². The number of rotatable bonds is 8. The summed E-state index contributed by atoms with van der Waals surface area (Å²) in [7, 11) is 0. The van der Waals surface area contributed by atoms with Crippen molar-refractivity contribution in [2.45, 2.75) is 64.2 Å². The van der Waals surface area contributed by atoms with E-state index in [-0.39, 0.29) is 24.4 Å². The third kappa shape index (κ3) is 6.08. The molecule has 28 heavy (non-hydrogen) atoms. The summed E-state index contributed by atoms with van der Waals surface area (Å²) in [4.78, 5) is 37.3. The summed E-state index contributed by atoms with van der Waals surface area (Å²) in [5.74, 6) is 0.218. The Bertz CT molecular complexity index is 680. The summed E-state index contributed by atoms with van der Waals surface area (Å²) in [6, 6.07) is 7.14. The lowest BCUT2D eigenvalue weighted by Crippen LogP contribution is -2.23. The van der Waals surface area contributed by atoms with E-state index in [4.69, 9.17) is 4.74 Å². The molecular weight excluding hydrogens is 356 g/mol. The van der Waals surface area contributed by atoms with Gasteiger partial charge in [-0.25, -0.2) is 0 Å². The van der Waals surface area contributed by atoms with Crippen LogP contribution in [0.25, 0.3) is 0 Å². The van der Waals surface area contributed by atoms with E-state index in [0.29, 0.717) is 18.5 Å². The zero-order valence-corrected chi connectivity index (χ0v) is 16.5. The number of benzene rings is 1. The van der Waals surface area contributed by atoms with Gasteiger partial charge in [-0.3, -0.25) is 14.4 Å². The average molecular weight is 386 g/mol. The molecule has 0 unspecified atom stereocenters. The Labute approximate surface area is 166 Å². The molecule has 6 heteroatoms. The van der Waals surface area contributed by atoms with Crippen LogP contribution < -0.4 is 10.2 Å². The van der Waals surface area contributed by atoms with Crippen LogP contribution >= 0.6 is 0 Å². The van der Waals surface area contributed by atoms with Crippen molar-refractivity contribution in [1.82, 2.24) is 0 Å². The topological polar surface area (TPSA) is 75.7 Å². The van der Waals surface area contributed by atoms with Crippen molar-refractivity contribution >= 4 is 29.2 Å². The second-order valence-electron chi connectivity index (χ2n) is 7.80. The van der Waals surface area contributed by atoms with E-state index >= 15 is 0 Å². The van der Waals surface area contributed by atoms with E-state index < -0.39 is 0 Å². The van der Waals surface area contributed by atoms with Crippen LogP contribution in [0.3, 0.4) is 0 Å². The highest BCUT2D eigenvalue weighted by Crippen LogP contribution is 2.27. The second kappa shape index (κ2) is 10.2. The van der Waals surface area contributed by atoms with Crippen molar-refractivity contribution in [3.05, 3.63) is 24.3 Å². The zero-order chi connectivity index (χ0) is 19.8. The number of nitrogens with zero attached hydrogens (tertiary/aromatic N) is 1. The van der Waals surface area contributed by atoms with Crippen LogP contribution in [-0.2, 0) is 19.1 Å². The van der Waals surface area contributed by atoms with Gasteiger partial charge in [-0.05, 0) is 49.4 Å². The number of carbonyl (C=O) groups is 3. The Balaban J connectivity index is 1.33. The number of ether oxygens (including phenoxy) is 1.